The molecule has 1 unspecified atom stereocenters. The number of ketones is 1. The van der Waals surface area contributed by atoms with Crippen LogP contribution in [0.15, 0.2) is 0 Å². The first-order valence-corrected chi connectivity index (χ1v) is 16.2. The van der Waals surface area contributed by atoms with E-state index in [9.17, 15) is 28.8 Å². The average molecular weight is 633 g/mol. The maximum absolute atomic E-state index is 14.3. The van der Waals surface area contributed by atoms with Gasteiger partial charge in [-0.1, -0.05) is 61.8 Å². The van der Waals surface area contributed by atoms with E-state index in [1.807, 2.05) is 41.5 Å². The third-order valence-electron chi connectivity index (χ3n) is 10.4. The topological polar surface area (TPSA) is 180 Å². The van der Waals surface area contributed by atoms with Crippen molar-refractivity contribution in [3.63, 3.8) is 0 Å². The lowest BCUT2D eigenvalue weighted by Crippen LogP contribution is -2.63. The van der Waals surface area contributed by atoms with Crippen LogP contribution in [0.4, 0.5) is 9.59 Å². The van der Waals surface area contributed by atoms with Gasteiger partial charge >= 0.3 is 12.1 Å². The minimum Gasteiger partial charge on any atom is -0.449 e. The van der Waals surface area contributed by atoms with Crippen LogP contribution in [0, 0.1) is 34.0 Å². The van der Waals surface area contributed by atoms with Gasteiger partial charge in [-0.15, -0.1) is 0 Å². The van der Waals surface area contributed by atoms with Crippen LogP contribution in [-0.4, -0.2) is 95.8 Å². The predicted molar refractivity (Wildman–Crippen MR) is 165 cm³/mol. The van der Waals surface area contributed by atoms with Gasteiger partial charge < -0.3 is 36.2 Å². The Bertz CT molecular complexity index is 1220. The van der Waals surface area contributed by atoms with Gasteiger partial charge in [0.15, 0.2) is 0 Å². The number of primary amides is 1. The molecule has 0 radical (unpaired) electrons. The molecule has 13 nitrogen and oxygen atoms in total. The van der Waals surface area contributed by atoms with E-state index in [-0.39, 0.29) is 29.7 Å². The van der Waals surface area contributed by atoms with Crippen molar-refractivity contribution in [1.29, 1.82) is 0 Å². The molecule has 2 aliphatic heterocycles. The molecule has 4 rings (SSSR count). The molecule has 252 valence electrons. The van der Waals surface area contributed by atoms with Gasteiger partial charge in [-0.3, -0.25) is 19.2 Å². The molecule has 4 fully saturated rings. The molecule has 6 atom stereocenters. The smallest absolute Gasteiger partial charge is 0.409 e. The fraction of sp³-hybridized carbons (Fsp3) is 0.812. The van der Waals surface area contributed by atoms with Crippen molar-refractivity contribution < 1.29 is 33.5 Å². The van der Waals surface area contributed by atoms with Crippen molar-refractivity contribution in [1.82, 2.24) is 25.8 Å². The summed E-state index contributed by atoms with van der Waals surface area (Å²) in [7, 11) is 0. The molecule has 0 aromatic heterocycles. The highest BCUT2D eigenvalue weighted by molar-refractivity contribution is 6.38. The number of rotatable bonds is 10. The van der Waals surface area contributed by atoms with Crippen molar-refractivity contribution in [2.75, 3.05) is 26.2 Å². The summed E-state index contributed by atoms with van der Waals surface area (Å²) in [6.45, 7) is 17.0. The minimum atomic E-state index is -1.09. The van der Waals surface area contributed by atoms with Gasteiger partial charge in [0, 0.05) is 19.6 Å². The summed E-state index contributed by atoms with van der Waals surface area (Å²) in [5.74, 6) is -3.01. The Hall–Kier alpha value is -3.38. The highest BCUT2D eigenvalue weighted by Crippen LogP contribution is 2.65. The number of carbonyl (C=O) groups is 6. The third kappa shape index (κ3) is 7.22. The molecule has 2 aliphatic carbocycles. The third-order valence-corrected chi connectivity index (χ3v) is 10.4. The molecule has 0 spiro atoms. The fourth-order valence-corrected chi connectivity index (χ4v) is 7.04. The lowest BCUT2D eigenvalue weighted by Gasteiger charge is -2.40. The van der Waals surface area contributed by atoms with Crippen LogP contribution >= 0.6 is 0 Å². The Morgan fingerprint density at radius 3 is 2.13 bits per heavy atom. The number of nitrogens with one attached hydrogen (secondary N) is 3. The van der Waals surface area contributed by atoms with Gasteiger partial charge in [0.05, 0.1) is 12.6 Å². The molecule has 0 bridgehead atoms. The van der Waals surface area contributed by atoms with Gasteiger partial charge in [0.2, 0.25) is 17.6 Å². The van der Waals surface area contributed by atoms with Crippen molar-refractivity contribution >= 4 is 35.6 Å². The quantitative estimate of drug-likeness (QED) is 0.265. The van der Waals surface area contributed by atoms with E-state index >= 15 is 0 Å². The number of urea groups is 1. The summed E-state index contributed by atoms with van der Waals surface area (Å²) in [5.41, 5.74) is 3.99. The zero-order valence-electron chi connectivity index (χ0n) is 28.0. The van der Waals surface area contributed by atoms with Crippen LogP contribution in [0.5, 0.6) is 0 Å². The molecule has 2 saturated carbocycles. The van der Waals surface area contributed by atoms with Crippen molar-refractivity contribution in [2.45, 2.75) is 105 Å². The Labute approximate surface area is 266 Å². The molecule has 2 heterocycles. The number of carbonyl (C=O) groups excluding carboxylic acids is 6. The maximum Gasteiger partial charge on any atom is 0.409 e. The number of amides is 6. The average Bonchev–Trinajstić information content (AvgIpc) is 3.21. The van der Waals surface area contributed by atoms with Crippen LogP contribution in [-0.2, 0) is 23.9 Å². The number of piperidine rings is 1. The summed E-state index contributed by atoms with van der Waals surface area (Å²) in [4.78, 5) is 81.5. The molecule has 6 amide bonds. The summed E-state index contributed by atoms with van der Waals surface area (Å²) in [5, 5.41) is 8.66. The summed E-state index contributed by atoms with van der Waals surface area (Å²) in [6, 6.07) is -3.86. The molecule has 0 aromatic rings. The summed E-state index contributed by atoms with van der Waals surface area (Å²) in [6.07, 6.45) is 2.59. The van der Waals surface area contributed by atoms with Gasteiger partial charge in [-0.05, 0) is 53.3 Å². The molecular formula is C32H52N6O7. The number of fused-ring (bicyclic) bond motifs is 1. The van der Waals surface area contributed by atoms with Crippen molar-refractivity contribution in [3.8, 4) is 0 Å². The zero-order valence-corrected chi connectivity index (χ0v) is 28.0. The van der Waals surface area contributed by atoms with E-state index < -0.39 is 70.6 Å². The number of hydrogen-bond acceptors (Lipinski definition) is 7. The van der Waals surface area contributed by atoms with Gasteiger partial charge in [-0.25, -0.2) is 9.59 Å². The number of nitrogens with zero attached hydrogens (tertiary/aromatic N) is 2. The second kappa shape index (κ2) is 12.4. The fourth-order valence-electron chi connectivity index (χ4n) is 7.04. The number of likely N-dealkylation sites (tertiary alicyclic amines) is 1. The van der Waals surface area contributed by atoms with Crippen LogP contribution in [0.3, 0.4) is 0 Å². The minimum absolute atomic E-state index is 0.0789. The van der Waals surface area contributed by atoms with E-state index in [0.29, 0.717) is 39.0 Å². The molecular weight excluding hydrogens is 580 g/mol. The largest absolute Gasteiger partial charge is 0.449 e. The lowest BCUT2D eigenvalue weighted by atomic mass is 9.78. The Balaban J connectivity index is 1.52. The molecule has 0 aromatic carbocycles. The first-order chi connectivity index (χ1) is 20.7. The molecule has 45 heavy (non-hydrogen) atoms. The number of ether oxygens (including phenoxy) is 1. The molecule has 2 saturated heterocycles. The monoisotopic (exact) mass is 632 g/mol. The lowest BCUT2D eigenvalue weighted by molar-refractivity contribution is -0.145. The first kappa shape index (κ1) is 34.5. The first-order valence-electron chi connectivity index (χ1n) is 16.2. The highest BCUT2D eigenvalue weighted by atomic mass is 16.6. The number of hydrogen-bond donors (Lipinski definition) is 4. The summed E-state index contributed by atoms with van der Waals surface area (Å²) < 4.78 is 5.17. The molecule has 4 aliphatic rings. The van der Waals surface area contributed by atoms with E-state index in [1.165, 1.54) is 4.90 Å². The second-order valence-electron chi connectivity index (χ2n) is 16.0. The predicted octanol–water partition coefficient (Wildman–Crippen LogP) is 1.78. The maximum atomic E-state index is 14.3. The normalized spacial score (nSPS) is 26.4. The summed E-state index contributed by atoms with van der Waals surface area (Å²) >= 11 is 0. The number of nitrogens with two attached hydrogens (primary N) is 1. The van der Waals surface area contributed by atoms with E-state index in [0.717, 1.165) is 6.42 Å². The van der Waals surface area contributed by atoms with E-state index in [1.54, 1.807) is 4.90 Å². The van der Waals surface area contributed by atoms with Crippen LogP contribution in [0.2, 0.25) is 0 Å². The molecule has 13 heteroatoms. The van der Waals surface area contributed by atoms with Gasteiger partial charge in [0.1, 0.15) is 18.1 Å². The van der Waals surface area contributed by atoms with Crippen LogP contribution < -0.4 is 21.7 Å². The number of cyclic esters (lactones) is 1. The standard InChI is InChI=1S/C32H52N6O7/c1-30(2,3)19(16-37-13-10-14-45-29(37)44)34-28(43)36-24(31(4,5)6)27(42)38-15-18-20(32(18,7)8)22(38)26(41)35-21(17-11-9-12-17)23(39)25(33)40/h17-22,24H,9-16H2,1-8H3,(H2,33,40)(H,35,41)(H2,34,36,43)/t18-,19+,20-,21?,22-,24+/m0/s1. The van der Waals surface area contributed by atoms with E-state index in [4.69, 9.17) is 10.5 Å². The Morgan fingerprint density at radius 1 is 0.978 bits per heavy atom. The SMILES string of the molecule is CC(C)(C)[C@H](NC(=O)N[C@H](CN1CCCOC1=O)C(C)(C)C)C(=O)N1C[C@H]2[C@@H]([C@H]1C(=O)NC(C(=O)C(N)=O)C1CCC1)C2(C)C. The number of Topliss-reactive ketones (excluding diaryl/α,β-unsaturated/α-hetero) is 1. The van der Waals surface area contributed by atoms with Gasteiger partial charge in [-0.2, -0.15) is 0 Å². The Kier molecular flexibility index (Phi) is 9.53. The highest BCUT2D eigenvalue weighted by Gasteiger charge is 2.70. The van der Waals surface area contributed by atoms with Crippen molar-refractivity contribution in [2.24, 2.45) is 39.7 Å². The van der Waals surface area contributed by atoms with Crippen LogP contribution in [0.25, 0.3) is 0 Å². The van der Waals surface area contributed by atoms with Crippen molar-refractivity contribution in [3.05, 3.63) is 0 Å². The Morgan fingerprint density at radius 2 is 1.62 bits per heavy atom. The zero-order chi connectivity index (χ0) is 33.6. The van der Waals surface area contributed by atoms with Gasteiger partial charge in [0.25, 0.3) is 5.91 Å². The van der Waals surface area contributed by atoms with Crippen LogP contribution in [0.1, 0.15) is 81.1 Å². The molecule has 5 N–H and O–H groups in total. The second-order valence-corrected chi connectivity index (χ2v) is 16.0. The van der Waals surface area contributed by atoms with E-state index in [2.05, 4.69) is 29.8 Å².